The van der Waals surface area contributed by atoms with Gasteiger partial charge in [-0.2, -0.15) is 5.26 Å². The summed E-state index contributed by atoms with van der Waals surface area (Å²) in [5, 5.41) is 14.9. The number of nitrogens with zero attached hydrogens (tertiary/aromatic N) is 3. The summed E-state index contributed by atoms with van der Waals surface area (Å²) in [5.41, 5.74) is 1.94. The molecular weight excluding hydrogens is 503 g/mol. The van der Waals surface area contributed by atoms with Crippen molar-refractivity contribution in [2.75, 3.05) is 46.4 Å². The molecule has 1 saturated carbocycles. The fraction of sp³-hybridized carbons (Fsp3) is 0.552. The van der Waals surface area contributed by atoms with Gasteiger partial charge in [-0.15, -0.1) is 11.3 Å². The van der Waals surface area contributed by atoms with Crippen molar-refractivity contribution >= 4 is 23.0 Å². The third kappa shape index (κ3) is 5.99. The maximum Gasteiger partial charge on any atom is 0.264 e. The van der Waals surface area contributed by atoms with E-state index in [-0.39, 0.29) is 36.4 Å². The number of benzene rings is 1. The molecule has 1 aromatic heterocycles. The number of Topliss-reactive ketones (excluding diaryl/α,β-unsaturated/α-hetero) is 1. The van der Waals surface area contributed by atoms with Gasteiger partial charge in [-0.1, -0.05) is 12.1 Å². The van der Waals surface area contributed by atoms with Crippen LogP contribution in [0.5, 0.6) is 0 Å². The molecule has 38 heavy (non-hydrogen) atoms. The molecule has 0 spiro atoms. The fourth-order valence-corrected chi connectivity index (χ4v) is 6.94. The molecule has 0 unspecified atom stereocenters. The summed E-state index contributed by atoms with van der Waals surface area (Å²) in [6, 6.07) is 9.33. The van der Waals surface area contributed by atoms with Gasteiger partial charge < -0.3 is 15.0 Å². The normalized spacial score (nSPS) is 23.9. The summed E-state index contributed by atoms with van der Waals surface area (Å²) < 4.78 is 20.2. The van der Waals surface area contributed by atoms with E-state index in [1.807, 2.05) is 22.4 Å². The van der Waals surface area contributed by atoms with E-state index in [9.17, 15) is 14.9 Å². The third-order valence-corrected chi connectivity index (χ3v) is 9.19. The quantitative estimate of drug-likeness (QED) is 0.496. The smallest absolute Gasteiger partial charge is 0.264 e. The molecule has 0 radical (unpaired) electrons. The topological polar surface area (TPSA) is 85.7 Å². The number of piperidine rings is 1. The standard InChI is InChI=1S/C29H35FN4O3S/c1-37-11-10-33-6-8-34(9-7-33)29(36)27-16-23(18-38-27)20-2-3-21(25(30)15-20)12-19(17-31)13-26(35)28-22-4-5-24(14-22)32-28/h2-3,15-16,18-19,22,24,28,32H,4-14H2,1H3/t19-,22+,24-,28+/m1/s1. The number of thiophene rings is 1. The Morgan fingerprint density at radius 2 is 2.03 bits per heavy atom. The molecule has 1 amide bonds. The van der Waals surface area contributed by atoms with E-state index in [1.54, 1.807) is 13.2 Å². The zero-order valence-corrected chi connectivity index (χ0v) is 22.6. The first-order valence-corrected chi connectivity index (χ1v) is 14.4. The molecule has 202 valence electrons. The third-order valence-electron chi connectivity index (χ3n) is 8.27. The molecule has 2 aliphatic heterocycles. The van der Waals surface area contributed by atoms with E-state index in [2.05, 4.69) is 16.3 Å². The van der Waals surface area contributed by atoms with Crippen LogP contribution in [0.4, 0.5) is 4.39 Å². The van der Waals surface area contributed by atoms with Gasteiger partial charge in [0, 0.05) is 52.3 Å². The van der Waals surface area contributed by atoms with Crippen LogP contribution in [0.15, 0.2) is 29.6 Å². The Labute approximate surface area is 227 Å². The molecule has 1 aromatic carbocycles. The molecule has 3 aliphatic rings. The first-order valence-electron chi connectivity index (χ1n) is 13.5. The summed E-state index contributed by atoms with van der Waals surface area (Å²) in [6.45, 7) is 4.57. The minimum atomic E-state index is -0.552. The zero-order valence-electron chi connectivity index (χ0n) is 21.8. The largest absolute Gasteiger partial charge is 0.383 e. The van der Waals surface area contributed by atoms with Crippen LogP contribution < -0.4 is 5.32 Å². The number of fused-ring (bicyclic) bond motifs is 2. The Hall–Kier alpha value is -2.64. The number of nitriles is 1. The lowest BCUT2D eigenvalue weighted by Crippen LogP contribution is -2.49. The maximum atomic E-state index is 15.1. The van der Waals surface area contributed by atoms with Crippen molar-refractivity contribution in [1.29, 1.82) is 5.26 Å². The van der Waals surface area contributed by atoms with Crippen LogP contribution in [0.1, 0.15) is 40.9 Å². The van der Waals surface area contributed by atoms with Crippen LogP contribution in [0, 0.1) is 29.0 Å². The van der Waals surface area contributed by atoms with Crippen molar-refractivity contribution in [2.45, 2.75) is 44.2 Å². The predicted molar refractivity (Wildman–Crippen MR) is 144 cm³/mol. The first kappa shape index (κ1) is 26.9. The minimum Gasteiger partial charge on any atom is -0.383 e. The summed E-state index contributed by atoms with van der Waals surface area (Å²) in [4.78, 5) is 30.6. The van der Waals surface area contributed by atoms with E-state index < -0.39 is 5.92 Å². The summed E-state index contributed by atoms with van der Waals surface area (Å²) >= 11 is 1.38. The number of rotatable bonds is 10. The lowest BCUT2D eigenvalue weighted by molar-refractivity contribution is -0.122. The SMILES string of the molecule is COCCN1CCN(C(=O)c2cc(-c3ccc(C[C@@H](C#N)CC(=O)[C@H]4N[C@@H]5CC[C@H]4C5)c(F)c3)cs2)CC1. The van der Waals surface area contributed by atoms with Gasteiger partial charge in [-0.05, 0) is 65.8 Å². The predicted octanol–water partition coefficient (Wildman–Crippen LogP) is 3.74. The number of ketones is 1. The monoisotopic (exact) mass is 538 g/mol. The molecule has 9 heteroatoms. The number of ether oxygens (including phenoxy) is 1. The van der Waals surface area contributed by atoms with Crippen molar-refractivity contribution in [3.8, 4) is 17.2 Å². The highest BCUT2D eigenvalue weighted by molar-refractivity contribution is 7.12. The molecule has 5 rings (SSSR count). The van der Waals surface area contributed by atoms with E-state index >= 15 is 4.39 Å². The van der Waals surface area contributed by atoms with Crippen molar-refractivity contribution in [3.63, 3.8) is 0 Å². The number of amides is 1. The molecule has 1 N–H and O–H groups in total. The maximum absolute atomic E-state index is 15.1. The number of piperazine rings is 1. The number of nitrogens with one attached hydrogen (secondary N) is 1. The number of methoxy groups -OCH3 is 1. The Kier molecular flexibility index (Phi) is 8.54. The minimum absolute atomic E-state index is 0.0104. The Morgan fingerprint density at radius 1 is 1.21 bits per heavy atom. The number of halogens is 1. The zero-order chi connectivity index (χ0) is 26.6. The van der Waals surface area contributed by atoms with Crippen LogP contribution in [0.3, 0.4) is 0 Å². The molecular formula is C29H35FN4O3S. The fourth-order valence-electron chi connectivity index (χ4n) is 6.06. The highest BCUT2D eigenvalue weighted by Gasteiger charge is 2.42. The second-order valence-corrected chi connectivity index (χ2v) is 11.7. The number of carbonyl (C=O) groups excluding carboxylic acids is 2. The van der Waals surface area contributed by atoms with Crippen molar-refractivity contribution < 1.29 is 18.7 Å². The molecule has 3 fully saturated rings. The summed E-state index contributed by atoms with van der Waals surface area (Å²) in [5.74, 6) is -0.469. The van der Waals surface area contributed by atoms with Crippen LogP contribution in [-0.2, 0) is 16.0 Å². The van der Waals surface area contributed by atoms with Gasteiger partial charge in [-0.25, -0.2) is 4.39 Å². The average Bonchev–Trinajstić information content (AvgIpc) is 3.70. The van der Waals surface area contributed by atoms with Crippen molar-refractivity contribution in [1.82, 2.24) is 15.1 Å². The summed E-state index contributed by atoms with van der Waals surface area (Å²) in [7, 11) is 1.69. The Morgan fingerprint density at radius 3 is 2.68 bits per heavy atom. The lowest BCUT2D eigenvalue weighted by Gasteiger charge is -2.34. The number of carbonyl (C=O) groups is 2. The van der Waals surface area contributed by atoms with Gasteiger partial charge in [0.1, 0.15) is 5.82 Å². The lowest BCUT2D eigenvalue weighted by atomic mass is 9.88. The van der Waals surface area contributed by atoms with Crippen molar-refractivity contribution in [2.24, 2.45) is 11.8 Å². The Balaban J connectivity index is 1.17. The van der Waals surface area contributed by atoms with Crippen LogP contribution in [-0.4, -0.2) is 80.0 Å². The number of hydrogen-bond acceptors (Lipinski definition) is 7. The Bertz CT molecular complexity index is 1200. The molecule has 3 heterocycles. The highest BCUT2D eigenvalue weighted by atomic mass is 32.1. The van der Waals surface area contributed by atoms with Gasteiger partial charge in [0.15, 0.2) is 5.78 Å². The van der Waals surface area contributed by atoms with Gasteiger partial charge in [0.2, 0.25) is 0 Å². The van der Waals surface area contributed by atoms with E-state index in [0.717, 1.165) is 44.5 Å². The van der Waals surface area contributed by atoms with E-state index in [0.29, 0.717) is 47.7 Å². The van der Waals surface area contributed by atoms with Gasteiger partial charge in [-0.3, -0.25) is 14.5 Å². The average molecular weight is 539 g/mol. The van der Waals surface area contributed by atoms with E-state index in [1.165, 1.54) is 17.4 Å². The van der Waals surface area contributed by atoms with Crippen molar-refractivity contribution in [3.05, 3.63) is 45.9 Å². The molecule has 4 atom stereocenters. The van der Waals surface area contributed by atoms with Gasteiger partial charge in [0.05, 0.1) is 29.5 Å². The summed E-state index contributed by atoms with van der Waals surface area (Å²) in [6.07, 6.45) is 3.60. The van der Waals surface area contributed by atoms with Gasteiger partial charge >= 0.3 is 0 Å². The van der Waals surface area contributed by atoms with E-state index in [4.69, 9.17) is 4.74 Å². The molecule has 2 saturated heterocycles. The second-order valence-electron chi connectivity index (χ2n) is 10.7. The van der Waals surface area contributed by atoms with Crippen LogP contribution in [0.25, 0.3) is 11.1 Å². The molecule has 1 aliphatic carbocycles. The highest BCUT2D eigenvalue weighted by Crippen LogP contribution is 2.36. The van der Waals surface area contributed by atoms with Crippen LogP contribution >= 0.6 is 11.3 Å². The van der Waals surface area contributed by atoms with Crippen LogP contribution in [0.2, 0.25) is 0 Å². The van der Waals surface area contributed by atoms with Gasteiger partial charge in [0.25, 0.3) is 5.91 Å². The molecule has 2 bridgehead atoms. The molecule has 7 nitrogen and oxygen atoms in total. The molecule has 2 aromatic rings. The number of hydrogen-bond donors (Lipinski definition) is 1. The second kappa shape index (κ2) is 12.0. The first-order chi connectivity index (χ1) is 18.4.